The molecule has 2 aliphatic heterocycles. The average molecular weight is 455 g/mol. The molecule has 0 saturated heterocycles. The molecule has 0 spiro atoms. The lowest BCUT2D eigenvalue weighted by atomic mass is 10.1. The largest absolute Gasteiger partial charge is 0.466 e. The molecule has 2 heterocycles. The normalized spacial score (nSPS) is 11.1. The number of halogens is 1. The minimum absolute atomic E-state index is 0.0805. The first-order chi connectivity index (χ1) is 15.4. The first-order valence-corrected chi connectivity index (χ1v) is 10.3. The topological polar surface area (TPSA) is 101 Å². The van der Waals surface area contributed by atoms with Crippen LogP contribution >= 0.6 is 11.6 Å². The number of carbonyl (C=O) groups is 2. The number of hydrogen-bond donors (Lipinski definition) is 0. The second-order valence-corrected chi connectivity index (χ2v) is 7.47. The zero-order valence-electron chi connectivity index (χ0n) is 17.2. The van der Waals surface area contributed by atoms with E-state index < -0.39 is 17.5 Å². The van der Waals surface area contributed by atoms with Crippen LogP contribution < -0.4 is 5.56 Å². The van der Waals surface area contributed by atoms with E-state index in [2.05, 4.69) is 5.10 Å². The highest BCUT2D eigenvalue weighted by Crippen LogP contribution is 2.32. The van der Waals surface area contributed by atoms with Crippen LogP contribution in [0.4, 0.5) is 0 Å². The summed E-state index contributed by atoms with van der Waals surface area (Å²) in [4.78, 5) is 36.4. The predicted octanol–water partition coefficient (Wildman–Crippen LogP) is 3.78. The molecule has 2 aromatic rings. The Kier molecular flexibility index (Phi) is 6.23. The molecular formula is C23H19ClN2O6. The summed E-state index contributed by atoms with van der Waals surface area (Å²) >= 11 is 5.96. The number of para-hydroxylation sites is 1. The van der Waals surface area contributed by atoms with Crippen LogP contribution in [0.1, 0.15) is 19.1 Å². The molecule has 32 heavy (non-hydrogen) atoms. The van der Waals surface area contributed by atoms with Crippen LogP contribution in [0, 0.1) is 0 Å². The van der Waals surface area contributed by atoms with Crippen LogP contribution in [-0.2, 0) is 25.5 Å². The third kappa shape index (κ3) is 4.50. The molecule has 0 aromatic heterocycles. The summed E-state index contributed by atoms with van der Waals surface area (Å²) in [5.74, 6) is -0.782. The number of hydrogen-bond acceptors (Lipinski definition) is 7. The van der Waals surface area contributed by atoms with Gasteiger partial charge in [0.15, 0.2) is 0 Å². The van der Waals surface area contributed by atoms with Gasteiger partial charge in [0.1, 0.15) is 29.0 Å². The second kappa shape index (κ2) is 9.23. The van der Waals surface area contributed by atoms with Crippen molar-refractivity contribution >= 4 is 34.5 Å². The third-order valence-electron chi connectivity index (χ3n) is 4.73. The van der Waals surface area contributed by atoms with E-state index in [1.165, 1.54) is 11.6 Å². The van der Waals surface area contributed by atoms with Crippen LogP contribution in [0.15, 0.2) is 57.7 Å². The molecule has 0 N–H and O–H groups in total. The fourth-order valence-corrected chi connectivity index (χ4v) is 3.43. The molecular weight excluding hydrogens is 436 g/mol. The van der Waals surface area contributed by atoms with E-state index in [-0.39, 0.29) is 31.0 Å². The van der Waals surface area contributed by atoms with Crippen molar-refractivity contribution in [2.24, 2.45) is 0 Å². The van der Waals surface area contributed by atoms with Gasteiger partial charge >= 0.3 is 11.9 Å². The monoisotopic (exact) mass is 454 g/mol. The first kappa shape index (κ1) is 21.6. The number of benzene rings is 2. The summed E-state index contributed by atoms with van der Waals surface area (Å²) < 4.78 is 17.2. The van der Waals surface area contributed by atoms with Gasteiger partial charge in [0.2, 0.25) is 0 Å². The molecule has 4 rings (SSSR count). The Balaban J connectivity index is 1.67. The van der Waals surface area contributed by atoms with E-state index in [1.807, 2.05) is 6.07 Å². The highest BCUT2D eigenvalue weighted by atomic mass is 35.5. The van der Waals surface area contributed by atoms with Gasteiger partial charge in [-0.25, -0.2) is 0 Å². The van der Waals surface area contributed by atoms with Gasteiger partial charge in [-0.2, -0.15) is 9.78 Å². The number of nitrogens with zero attached hydrogens (tertiary/aromatic N) is 2. The SMILES string of the molecule is CC(=O)OCCCOC(=O)Cc1oc2ccccc2c2nn(-c3ccc(Cl)cc3)c(=O)c1-2. The smallest absolute Gasteiger partial charge is 0.313 e. The number of rotatable bonds is 7. The molecule has 2 aliphatic rings. The fourth-order valence-electron chi connectivity index (χ4n) is 3.30. The Bertz CT molecular complexity index is 1310. The molecule has 0 radical (unpaired) electrons. The minimum Gasteiger partial charge on any atom is -0.466 e. The van der Waals surface area contributed by atoms with Gasteiger partial charge in [0.25, 0.3) is 5.56 Å². The van der Waals surface area contributed by atoms with E-state index in [9.17, 15) is 14.4 Å². The quantitative estimate of drug-likeness (QED) is 0.309. The Morgan fingerprint density at radius 2 is 1.78 bits per heavy atom. The third-order valence-corrected chi connectivity index (χ3v) is 4.98. The predicted molar refractivity (Wildman–Crippen MR) is 117 cm³/mol. The molecule has 2 aromatic carbocycles. The van der Waals surface area contributed by atoms with Crippen LogP contribution in [-0.4, -0.2) is 34.9 Å². The molecule has 9 heteroatoms. The van der Waals surface area contributed by atoms with Crippen molar-refractivity contribution in [3.63, 3.8) is 0 Å². The molecule has 8 nitrogen and oxygen atoms in total. The molecule has 0 unspecified atom stereocenters. The molecule has 164 valence electrons. The van der Waals surface area contributed by atoms with E-state index in [0.717, 1.165) is 0 Å². The van der Waals surface area contributed by atoms with Gasteiger partial charge in [0.05, 0.1) is 18.9 Å². The van der Waals surface area contributed by atoms with Gasteiger partial charge in [-0.05, 0) is 36.4 Å². The maximum Gasteiger partial charge on any atom is 0.313 e. The van der Waals surface area contributed by atoms with Crippen molar-refractivity contribution in [1.29, 1.82) is 0 Å². The van der Waals surface area contributed by atoms with Gasteiger partial charge in [-0.3, -0.25) is 14.4 Å². The van der Waals surface area contributed by atoms with Crippen molar-refractivity contribution in [3.8, 4) is 16.9 Å². The molecule has 0 saturated carbocycles. The maximum absolute atomic E-state index is 13.2. The van der Waals surface area contributed by atoms with Crippen LogP contribution in [0.5, 0.6) is 0 Å². The number of fused-ring (bicyclic) bond motifs is 3. The Morgan fingerprint density at radius 3 is 2.53 bits per heavy atom. The summed E-state index contributed by atoms with van der Waals surface area (Å²) in [6.07, 6.45) is 0.132. The zero-order valence-corrected chi connectivity index (χ0v) is 17.9. The van der Waals surface area contributed by atoms with Crippen molar-refractivity contribution in [2.45, 2.75) is 19.8 Å². The van der Waals surface area contributed by atoms with Crippen molar-refractivity contribution in [3.05, 3.63) is 69.7 Å². The summed E-state index contributed by atoms with van der Waals surface area (Å²) in [6, 6.07) is 13.9. The summed E-state index contributed by atoms with van der Waals surface area (Å²) in [7, 11) is 0. The highest BCUT2D eigenvalue weighted by molar-refractivity contribution is 6.30. The van der Waals surface area contributed by atoms with Crippen molar-refractivity contribution < 1.29 is 23.5 Å². The summed E-state index contributed by atoms with van der Waals surface area (Å²) in [6.45, 7) is 1.55. The molecule has 0 amide bonds. The number of aromatic nitrogens is 2. The standard InChI is InChI=1S/C23H19ClN2O6/c1-14(27)30-11-4-12-31-20(28)13-19-21-22(17-5-2-3-6-18(17)32-19)25-26(23(21)29)16-9-7-15(24)8-10-16/h2-3,5-10H,4,11-13H2,1H3. The van der Waals surface area contributed by atoms with Gasteiger partial charge in [0, 0.05) is 23.8 Å². The van der Waals surface area contributed by atoms with E-state index in [1.54, 1.807) is 42.5 Å². The Labute approximate surface area is 187 Å². The van der Waals surface area contributed by atoms with E-state index in [4.69, 9.17) is 25.5 Å². The van der Waals surface area contributed by atoms with Crippen molar-refractivity contribution in [2.75, 3.05) is 13.2 Å². The second-order valence-electron chi connectivity index (χ2n) is 7.03. The fraction of sp³-hybridized carbons (Fsp3) is 0.217. The van der Waals surface area contributed by atoms with Gasteiger partial charge in [-0.1, -0.05) is 23.7 Å². The lowest BCUT2D eigenvalue weighted by Gasteiger charge is -2.09. The summed E-state index contributed by atoms with van der Waals surface area (Å²) in [5.41, 5.74) is 1.28. The first-order valence-electron chi connectivity index (χ1n) is 9.92. The highest BCUT2D eigenvalue weighted by Gasteiger charge is 2.26. The zero-order chi connectivity index (χ0) is 22.7. The molecule has 0 fully saturated rings. The Hall–Kier alpha value is -3.65. The number of carbonyl (C=O) groups excluding carboxylic acids is 2. The number of esters is 2. The Morgan fingerprint density at radius 1 is 1.06 bits per heavy atom. The lowest BCUT2D eigenvalue weighted by molar-refractivity contribution is -0.144. The summed E-state index contributed by atoms with van der Waals surface area (Å²) in [5, 5.41) is 5.71. The average Bonchev–Trinajstić information content (AvgIpc) is 3.12. The van der Waals surface area contributed by atoms with E-state index >= 15 is 0 Å². The van der Waals surface area contributed by atoms with Crippen LogP contribution in [0.3, 0.4) is 0 Å². The van der Waals surface area contributed by atoms with Crippen LogP contribution in [0.25, 0.3) is 27.9 Å². The van der Waals surface area contributed by atoms with Crippen LogP contribution in [0.2, 0.25) is 5.02 Å². The van der Waals surface area contributed by atoms with Gasteiger partial charge in [-0.15, -0.1) is 0 Å². The maximum atomic E-state index is 13.2. The molecule has 0 bridgehead atoms. The molecule has 0 atom stereocenters. The number of ether oxygens (including phenoxy) is 2. The van der Waals surface area contributed by atoms with E-state index in [0.29, 0.717) is 33.8 Å². The lowest BCUT2D eigenvalue weighted by Crippen LogP contribution is -2.17. The van der Waals surface area contributed by atoms with Gasteiger partial charge < -0.3 is 13.9 Å². The minimum atomic E-state index is -0.563. The van der Waals surface area contributed by atoms with Crippen molar-refractivity contribution in [1.82, 2.24) is 9.78 Å². The molecule has 0 aliphatic carbocycles.